The molecule has 0 aliphatic carbocycles. The van der Waals surface area contributed by atoms with Gasteiger partial charge >= 0.3 is 0 Å². The fourth-order valence-corrected chi connectivity index (χ4v) is 3.42. The van der Waals surface area contributed by atoms with Crippen LogP contribution in [-0.2, 0) is 6.42 Å². The summed E-state index contributed by atoms with van der Waals surface area (Å²) in [5.74, 6) is -0.944. The van der Waals surface area contributed by atoms with Crippen LogP contribution in [0.5, 0.6) is 0 Å². The Morgan fingerprint density at radius 3 is 2.21 bits per heavy atom. The molecule has 1 atom stereocenters. The normalized spacial score (nSPS) is 12.7. The van der Waals surface area contributed by atoms with Gasteiger partial charge in [0.25, 0.3) is 11.8 Å². The van der Waals surface area contributed by atoms with Crippen LogP contribution in [0.1, 0.15) is 73.9 Å². The van der Waals surface area contributed by atoms with Crippen molar-refractivity contribution < 1.29 is 9.59 Å². The van der Waals surface area contributed by atoms with Crippen LogP contribution in [0.2, 0.25) is 0 Å². The van der Waals surface area contributed by atoms with Crippen LogP contribution in [0.15, 0.2) is 34.0 Å². The smallest absolute Gasteiger partial charge is 0.257 e. The van der Waals surface area contributed by atoms with Gasteiger partial charge in [-0.15, -0.1) is 0 Å². The molecule has 6 nitrogen and oxygen atoms in total. The minimum atomic E-state index is -0.557. The van der Waals surface area contributed by atoms with E-state index in [1.807, 2.05) is 58.4 Å². The van der Waals surface area contributed by atoms with Crippen molar-refractivity contribution in [1.82, 2.24) is 15.2 Å². The molecule has 0 aliphatic heterocycles. The highest BCUT2D eigenvalue weighted by atomic mass is 32.1. The van der Waals surface area contributed by atoms with Crippen LogP contribution < -0.4 is 16.1 Å². The van der Waals surface area contributed by atoms with E-state index in [4.69, 9.17) is 0 Å². The number of hydrogen-bond acceptors (Lipinski definition) is 4. The SMILES string of the molecule is CC(Cc1ccsc1)NC(=O)c1cn(C(C)C)cc(C(=O)NC(C)(C)C)c1=O. The number of nitrogens with one attached hydrogen (secondary N) is 2. The Kier molecular flexibility index (Phi) is 6.82. The van der Waals surface area contributed by atoms with Crippen molar-refractivity contribution in [1.29, 1.82) is 0 Å². The summed E-state index contributed by atoms with van der Waals surface area (Å²) < 4.78 is 1.72. The van der Waals surface area contributed by atoms with Gasteiger partial charge in [-0.25, -0.2) is 0 Å². The minimum Gasteiger partial charge on any atom is -0.350 e. The first-order valence-corrected chi connectivity index (χ1v) is 10.3. The molecular formula is C21H29N3O3S. The third kappa shape index (κ3) is 5.79. The topological polar surface area (TPSA) is 80.2 Å². The maximum absolute atomic E-state index is 12.9. The molecule has 2 N–H and O–H groups in total. The zero-order valence-corrected chi connectivity index (χ0v) is 18.1. The molecule has 0 saturated carbocycles. The van der Waals surface area contributed by atoms with Gasteiger partial charge in [-0.1, -0.05) is 0 Å². The highest BCUT2D eigenvalue weighted by Crippen LogP contribution is 2.11. The predicted octanol–water partition coefficient (Wildman–Crippen LogP) is 3.38. The summed E-state index contributed by atoms with van der Waals surface area (Å²) >= 11 is 1.60. The van der Waals surface area contributed by atoms with Crippen LogP contribution in [0.25, 0.3) is 0 Å². The molecule has 2 aromatic rings. The highest BCUT2D eigenvalue weighted by Gasteiger charge is 2.23. The van der Waals surface area contributed by atoms with E-state index in [1.54, 1.807) is 15.9 Å². The van der Waals surface area contributed by atoms with E-state index in [0.717, 1.165) is 5.56 Å². The van der Waals surface area contributed by atoms with Crippen LogP contribution in [0, 0.1) is 0 Å². The number of carbonyl (C=O) groups is 2. The Balaban J connectivity index is 2.32. The second kappa shape index (κ2) is 8.73. The lowest BCUT2D eigenvalue weighted by atomic mass is 10.1. The number of nitrogens with zero attached hydrogens (tertiary/aromatic N) is 1. The van der Waals surface area contributed by atoms with E-state index in [9.17, 15) is 14.4 Å². The number of amides is 2. The number of aromatic nitrogens is 1. The maximum atomic E-state index is 12.9. The van der Waals surface area contributed by atoms with Gasteiger partial charge in [0.15, 0.2) is 0 Å². The summed E-state index contributed by atoms with van der Waals surface area (Å²) in [4.78, 5) is 38.3. The fourth-order valence-electron chi connectivity index (χ4n) is 2.74. The van der Waals surface area contributed by atoms with Gasteiger partial charge in [-0.2, -0.15) is 11.3 Å². The molecule has 0 saturated heterocycles. The summed E-state index contributed by atoms with van der Waals surface area (Å²) in [5.41, 5.74) is 0.0447. The Morgan fingerprint density at radius 1 is 1.11 bits per heavy atom. The van der Waals surface area contributed by atoms with Crippen molar-refractivity contribution in [2.45, 2.75) is 65.6 Å². The number of carbonyl (C=O) groups excluding carboxylic acids is 2. The van der Waals surface area contributed by atoms with Gasteiger partial charge in [0.1, 0.15) is 11.1 Å². The third-order valence-corrected chi connectivity index (χ3v) is 4.85. The summed E-state index contributed by atoms with van der Waals surface area (Å²) in [6.07, 6.45) is 3.71. The van der Waals surface area contributed by atoms with Crippen LogP contribution in [0.4, 0.5) is 0 Å². The monoisotopic (exact) mass is 403 g/mol. The van der Waals surface area contributed by atoms with E-state index >= 15 is 0 Å². The van der Waals surface area contributed by atoms with E-state index in [0.29, 0.717) is 6.42 Å². The van der Waals surface area contributed by atoms with Crippen LogP contribution in [-0.4, -0.2) is 28.0 Å². The standard InChI is InChI=1S/C21H29N3O3S/c1-13(2)24-10-16(18(25)17(11-24)20(27)23-21(4,5)6)19(26)22-14(3)9-15-7-8-28-12-15/h7-8,10-14H,9H2,1-6H3,(H,22,26)(H,23,27). The van der Waals surface area contributed by atoms with Gasteiger partial charge in [-0.05, 0) is 70.4 Å². The lowest BCUT2D eigenvalue weighted by molar-refractivity contribution is 0.0917. The average Bonchev–Trinajstić information content (AvgIpc) is 3.05. The Morgan fingerprint density at radius 2 is 1.71 bits per heavy atom. The lowest BCUT2D eigenvalue weighted by Crippen LogP contribution is -2.44. The minimum absolute atomic E-state index is 0.00318. The summed E-state index contributed by atoms with van der Waals surface area (Å²) in [5, 5.41) is 9.69. The molecular weight excluding hydrogens is 374 g/mol. The van der Waals surface area contributed by atoms with E-state index in [2.05, 4.69) is 10.6 Å². The first-order chi connectivity index (χ1) is 13.0. The van der Waals surface area contributed by atoms with Gasteiger partial charge in [-0.3, -0.25) is 14.4 Å². The maximum Gasteiger partial charge on any atom is 0.257 e. The number of rotatable bonds is 6. The summed E-state index contributed by atoms with van der Waals surface area (Å²) in [6, 6.07) is 1.87. The average molecular weight is 404 g/mol. The van der Waals surface area contributed by atoms with Gasteiger partial charge in [0.2, 0.25) is 5.43 Å². The molecule has 0 radical (unpaired) electrons. The van der Waals surface area contributed by atoms with Crippen molar-refractivity contribution in [3.8, 4) is 0 Å². The quantitative estimate of drug-likeness (QED) is 0.776. The Hall–Kier alpha value is -2.41. The largest absolute Gasteiger partial charge is 0.350 e. The van der Waals surface area contributed by atoms with Gasteiger partial charge < -0.3 is 15.2 Å². The van der Waals surface area contributed by atoms with Crippen molar-refractivity contribution in [2.75, 3.05) is 0 Å². The molecule has 1 unspecified atom stereocenters. The van der Waals surface area contributed by atoms with Gasteiger partial charge in [0.05, 0.1) is 0 Å². The second-order valence-corrected chi connectivity index (χ2v) is 9.15. The van der Waals surface area contributed by atoms with E-state index in [1.165, 1.54) is 12.4 Å². The number of thiophene rings is 1. The fraction of sp³-hybridized carbons (Fsp3) is 0.476. The highest BCUT2D eigenvalue weighted by molar-refractivity contribution is 7.07. The van der Waals surface area contributed by atoms with E-state index < -0.39 is 22.8 Å². The number of hydrogen-bond donors (Lipinski definition) is 2. The Labute approximate surface area is 170 Å². The molecule has 2 heterocycles. The lowest BCUT2D eigenvalue weighted by Gasteiger charge is -2.21. The van der Waals surface area contributed by atoms with E-state index in [-0.39, 0.29) is 23.2 Å². The third-order valence-electron chi connectivity index (χ3n) is 4.12. The van der Waals surface area contributed by atoms with Crippen LogP contribution >= 0.6 is 11.3 Å². The molecule has 7 heteroatoms. The number of pyridine rings is 1. The molecule has 0 aliphatic rings. The summed E-state index contributed by atoms with van der Waals surface area (Å²) in [6.45, 7) is 11.3. The molecule has 2 aromatic heterocycles. The first-order valence-electron chi connectivity index (χ1n) is 9.38. The molecule has 152 valence electrons. The molecule has 0 aromatic carbocycles. The molecule has 0 fully saturated rings. The Bertz CT molecular complexity index is 893. The second-order valence-electron chi connectivity index (χ2n) is 8.37. The zero-order chi connectivity index (χ0) is 21.1. The van der Waals surface area contributed by atoms with Gasteiger partial charge in [0, 0.05) is 30.0 Å². The molecule has 0 spiro atoms. The van der Waals surface area contributed by atoms with Crippen molar-refractivity contribution >= 4 is 23.2 Å². The van der Waals surface area contributed by atoms with Crippen molar-refractivity contribution in [2.24, 2.45) is 0 Å². The first kappa shape index (κ1) is 21.9. The molecule has 2 amide bonds. The van der Waals surface area contributed by atoms with Crippen molar-refractivity contribution in [3.05, 3.63) is 56.1 Å². The van der Waals surface area contributed by atoms with Crippen molar-refractivity contribution in [3.63, 3.8) is 0 Å². The molecule has 2 rings (SSSR count). The predicted molar refractivity (Wildman–Crippen MR) is 113 cm³/mol. The molecule has 28 heavy (non-hydrogen) atoms. The summed E-state index contributed by atoms with van der Waals surface area (Å²) in [7, 11) is 0. The zero-order valence-electron chi connectivity index (χ0n) is 17.3. The van der Waals surface area contributed by atoms with Crippen LogP contribution in [0.3, 0.4) is 0 Å². The molecule has 0 bridgehead atoms.